The van der Waals surface area contributed by atoms with Crippen LogP contribution >= 0.6 is 0 Å². The van der Waals surface area contributed by atoms with Crippen molar-refractivity contribution in [2.45, 2.75) is 180 Å². The van der Waals surface area contributed by atoms with E-state index in [-0.39, 0.29) is 44.1 Å². The first-order valence-corrected chi connectivity index (χ1v) is 24.0. The molecule has 8 amide bonds. The van der Waals surface area contributed by atoms with Crippen LogP contribution in [0.5, 0.6) is 0 Å². The van der Waals surface area contributed by atoms with Gasteiger partial charge in [0.1, 0.15) is 48.3 Å². The number of hydrogen-bond donors (Lipinski definition) is 13. The lowest BCUT2D eigenvalue weighted by molar-refractivity contribution is -0.142. The number of aliphatic hydroxyl groups excluding tert-OH is 1. The van der Waals surface area contributed by atoms with Gasteiger partial charge in [-0.05, 0) is 82.6 Å². The van der Waals surface area contributed by atoms with Crippen molar-refractivity contribution in [3.8, 4) is 0 Å². The minimum atomic E-state index is -1.70. The van der Waals surface area contributed by atoms with E-state index >= 15 is 0 Å². The number of unbranched alkanes of at least 4 members (excludes halogenated alkanes) is 1. The fraction of sp³-hybridized carbons (Fsp3) is 0.756. The minimum absolute atomic E-state index is 0.100. The molecule has 11 unspecified atom stereocenters. The molecular formula is C45H78N10O15. The van der Waals surface area contributed by atoms with Crippen molar-refractivity contribution in [1.29, 1.82) is 0 Å². The Balaban J connectivity index is 3.26. The number of nitrogens with one attached hydrogen (secondary N) is 7. The fourth-order valence-corrected chi connectivity index (χ4v) is 7.42. The zero-order valence-corrected chi connectivity index (χ0v) is 41.4. The molecule has 25 nitrogen and oxygen atoms in total. The number of hydrogen-bond acceptors (Lipinski definition) is 14. The Bertz CT molecular complexity index is 1820. The van der Waals surface area contributed by atoms with Gasteiger partial charge < -0.3 is 74.0 Å². The summed E-state index contributed by atoms with van der Waals surface area (Å²) in [6, 6.07) is -12.2. The molecule has 0 spiro atoms. The highest BCUT2D eigenvalue weighted by Crippen LogP contribution is 2.21. The van der Waals surface area contributed by atoms with E-state index in [0.29, 0.717) is 32.2 Å². The maximum atomic E-state index is 13.9. The smallest absolute Gasteiger partial charge is 0.326 e. The quantitative estimate of drug-likeness (QED) is 0.0310. The number of aliphatic carboxylic acids is 3. The molecule has 0 radical (unpaired) electrons. The first-order chi connectivity index (χ1) is 32.8. The third kappa shape index (κ3) is 21.0. The van der Waals surface area contributed by atoms with E-state index < -0.39 is 158 Å². The van der Waals surface area contributed by atoms with E-state index in [4.69, 9.17) is 11.5 Å². The van der Waals surface area contributed by atoms with Crippen LogP contribution in [0.1, 0.15) is 126 Å². The third-order valence-corrected chi connectivity index (χ3v) is 12.2. The Labute approximate surface area is 408 Å². The predicted molar refractivity (Wildman–Crippen MR) is 252 cm³/mol. The lowest BCUT2D eigenvalue weighted by atomic mass is 9.97. The van der Waals surface area contributed by atoms with Crippen molar-refractivity contribution < 1.29 is 73.2 Å². The number of carbonyl (C=O) groups is 11. The second kappa shape index (κ2) is 31.3. The Kier molecular flexibility index (Phi) is 27.8. The number of likely N-dealkylation sites (tertiary alicyclic amines) is 1. The normalized spacial score (nSPS) is 17.7. The van der Waals surface area contributed by atoms with E-state index in [1.807, 2.05) is 6.92 Å². The zero-order chi connectivity index (χ0) is 53.4. The Morgan fingerprint density at radius 2 is 1.10 bits per heavy atom. The van der Waals surface area contributed by atoms with Gasteiger partial charge in [0.15, 0.2) is 0 Å². The van der Waals surface area contributed by atoms with Crippen LogP contribution in [0.3, 0.4) is 0 Å². The Morgan fingerprint density at radius 3 is 1.61 bits per heavy atom. The van der Waals surface area contributed by atoms with Gasteiger partial charge in [0, 0.05) is 19.4 Å². The number of carbonyl (C=O) groups excluding carboxylic acids is 8. The van der Waals surface area contributed by atoms with Crippen molar-refractivity contribution in [1.82, 2.24) is 42.1 Å². The second-order valence-corrected chi connectivity index (χ2v) is 18.3. The summed E-state index contributed by atoms with van der Waals surface area (Å²) in [6.07, 6.45) is 0.397. The summed E-state index contributed by atoms with van der Waals surface area (Å²) in [4.78, 5) is 145. The van der Waals surface area contributed by atoms with E-state index in [9.17, 15) is 73.2 Å². The SMILES string of the molecule is CCC(C)C(N)C(=O)N1CCCC1C(=O)NC(CCC(=O)O)C(=O)NC(CCC(=O)O)C(=O)NC(C(=O)NC(CO)C(=O)NC(C)C(=O)NC(CC(C)C)C(=O)NC(CCCCN)C(=O)O)C(C)CC. The van der Waals surface area contributed by atoms with Crippen LogP contribution in [0.4, 0.5) is 0 Å². The van der Waals surface area contributed by atoms with Gasteiger partial charge in [0.05, 0.1) is 12.6 Å². The third-order valence-electron chi connectivity index (χ3n) is 12.2. The van der Waals surface area contributed by atoms with Crippen LogP contribution in [0, 0.1) is 17.8 Å². The summed E-state index contributed by atoms with van der Waals surface area (Å²) in [5.41, 5.74) is 11.7. The second-order valence-electron chi connectivity index (χ2n) is 18.3. The molecule has 1 aliphatic heterocycles. The molecule has 0 aromatic heterocycles. The summed E-state index contributed by atoms with van der Waals surface area (Å²) < 4.78 is 0. The maximum absolute atomic E-state index is 13.9. The number of nitrogens with zero attached hydrogens (tertiary/aromatic N) is 1. The number of carboxylic acids is 3. The number of amides is 8. The van der Waals surface area contributed by atoms with Crippen LogP contribution < -0.4 is 48.7 Å². The van der Waals surface area contributed by atoms with E-state index in [1.54, 1.807) is 34.6 Å². The molecule has 0 aliphatic carbocycles. The van der Waals surface area contributed by atoms with Crippen LogP contribution in [0.15, 0.2) is 0 Å². The van der Waals surface area contributed by atoms with Crippen molar-refractivity contribution in [3.05, 3.63) is 0 Å². The molecule has 1 rings (SSSR count). The van der Waals surface area contributed by atoms with E-state index in [0.717, 1.165) is 0 Å². The van der Waals surface area contributed by atoms with Crippen LogP contribution in [-0.4, -0.2) is 165 Å². The van der Waals surface area contributed by atoms with Gasteiger partial charge in [-0.25, -0.2) is 4.79 Å². The van der Waals surface area contributed by atoms with Gasteiger partial charge in [-0.3, -0.25) is 47.9 Å². The highest BCUT2D eigenvalue weighted by molar-refractivity contribution is 5.98. The van der Waals surface area contributed by atoms with Gasteiger partial charge in [-0.1, -0.05) is 54.4 Å². The Morgan fingerprint density at radius 1 is 0.600 bits per heavy atom. The minimum Gasteiger partial charge on any atom is -0.481 e. The number of carboxylic acid groups (broad SMARTS) is 3. The van der Waals surface area contributed by atoms with E-state index in [2.05, 4.69) is 37.2 Å². The average molecular weight is 999 g/mol. The van der Waals surface area contributed by atoms with Crippen molar-refractivity contribution in [2.75, 3.05) is 19.7 Å². The summed E-state index contributed by atoms with van der Waals surface area (Å²) in [5, 5.41) is 55.7. The molecule has 0 saturated carbocycles. The fourth-order valence-electron chi connectivity index (χ4n) is 7.42. The van der Waals surface area contributed by atoms with Gasteiger partial charge in [-0.2, -0.15) is 0 Å². The first-order valence-electron chi connectivity index (χ1n) is 24.0. The molecule has 15 N–H and O–H groups in total. The number of rotatable bonds is 33. The lowest BCUT2D eigenvalue weighted by Crippen LogP contribution is -2.61. The molecule has 11 atom stereocenters. The van der Waals surface area contributed by atoms with Crippen molar-refractivity contribution >= 4 is 65.2 Å². The molecule has 1 heterocycles. The molecule has 0 bridgehead atoms. The van der Waals surface area contributed by atoms with Gasteiger partial charge in [0.25, 0.3) is 0 Å². The topological polar surface area (TPSA) is 408 Å². The molecule has 0 aromatic carbocycles. The number of aliphatic hydroxyl groups is 1. The molecule has 0 aromatic rings. The molecule has 70 heavy (non-hydrogen) atoms. The van der Waals surface area contributed by atoms with Gasteiger partial charge in [-0.15, -0.1) is 0 Å². The predicted octanol–water partition coefficient (Wildman–Crippen LogP) is -2.21. The van der Waals surface area contributed by atoms with Gasteiger partial charge in [0.2, 0.25) is 47.3 Å². The zero-order valence-electron chi connectivity index (χ0n) is 41.4. The summed E-state index contributed by atoms with van der Waals surface area (Å²) in [7, 11) is 0. The lowest BCUT2D eigenvalue weighted by Gasteiger charge is -2.30. The maximum Gasteiger partial charge on any atom is 0.326 e. The summed E-state index contributed by atoms with van der Waals surface area (Å²) in [5.74, 6) is -12.0. The van der Waals surface area contributed by atoms with Gasteiger partial charge >= 0.3 is 17.9 Å². The molecular weight excluding hydrogens is 921 g/mol. The summed E-state index contributed by atoms with van der Waals surface area (Å²) >= 11 is 0. The monoisotopic (exact) mass is 999 g/mol. The molecule has 398 valence electrons. The molecule has 25 heteroatoms. The van der Waals surface area contributed by atoms with Crippen molar-refractivity contribution in [2.24, 2.45) is 29.2 Å². The summed E-state index contributed by atoms with van der Waals surface area (Å²) in [6.45, 7) is 11.2. The highest BCUT2D eigenvalue weighted by Gasteiger charge is 2.40. The molecule has 1 aliphatic rings. The average Bonchev–Trinajstić information content (AvgIpc) is 3.80. The Hall–Kier alpha value is -5.95. The highest BCUT2D eigenvalue weighted by atomic mass is 16.4. The van der Waals surface area contributed by atoms with Crippen molar-refractivity contribution in [3.63, 3.8) is 0 Å². The standard InChI is InChI=1S/C45H78N10O15/c1-8-24(5)35(47)44(68)55-20-12-14-32(55)42(66)50-27(15-17-33(57)58)38(62)49-28(16-18-34(59)60)39(63)54-36(25(6)9-2)43(67)53-31(22-56)41(65)48-26(7)37(61)52-30(21-23(3)4)40(64)51-29(45(69)70)13-10-11-19-46/h23-32,35-36,56H,8-22,46-47H2,1-7H3,(H,48,65)(H,49,62)(H,50,66)(H,51,64)(H,52,61)(H,53,67)(H,54,63)(H,57,58)(H,59,60)(H,69,70). The van der Waals surface area contributed by atoms with Crippen LogP contribution in [0.25, 0.3) is 0 Å². The molecule has 1 fully saturated rings. The molecule has 1 saturated heterocycles. The van der Waals surface area contributed by atoms with Crippen LogP contribution in [-0.2, 0) is 52.7 Å². The first kappa shape index (κ1) is 62.1. The van der Waals surface area contributed by atoms with E-state index in [1.165, 1.54) is 11.8 Å². The number of nitrogens with two attached hydrogens (primary N) is 2. The van der Waals surface area contributed by atoms with Crippen LogP contribution in [0.2, 0.25) is 0 Å². The largest absolute Gasteiger partial charge is 0.481 e.